The number of nitrogens with one attached hydrogen (secondary N) is 1. The lowest BCUT2D eigenvalue weighted by atomic mass is 10.1. The van der Waals surface area contributed by atoms with E-state index >= 15 is 0 Å². The van der Waals surface area contributed by atoms with Gasteiger partial charge in [0.05, 0.1) is 16.4 Å². The summed E-state index contributed by atoms with van der Waals surface area (Å²) in [7, 11) is 0. The molecule has 0 aliphatic heterocycles. The Morgan fingerprint density at radius 3 is 2.70 bits per heavy atom. The highest BCUT2D eigenvalue weighted by Crippen LogP contribution is 2.26. The van der Waals surface area contributed by atoms with Gasteiger partial charge in [-0.2, -0.15) is 4.68 Å². The third kappa shape index (κ3) is 5.41. The summed E-state index contributed by atoms with van der Waals surface area (Å²) in [6, 6.07) is 12.6. The molecule has 9 nitrogen and oxygen atoms in total. The van der Waals surface area contributed by atoms with Crippen molar-refractivity contribution in [2.45, 2.75) is 38.3 Å². The fourth-order valence-electron chi connectivity index (χ4n) is 2.83. The fourth-order valence-corrected chi connectivity index (χ4v) is 3.52. The number of benzene rings is 2. The van der Waals surface area contributed by atoms with Crippen LogP contribution in [-0.2, 0) is 11.2 Å². The van der Waals surface area contributed by atoms with Crippen molar-refractivity contribution in [1.29, 1.82) is 0 Å². The zero-order chi connectivity index (χ0) is 21.5. The van der Waals surface area contributed by atoms with Crippen LogP contribution in [0, 0.1) is 17.0 Å². The average molecular weight is 427 g/mol. The molecule has 156 valence electrons. The van der Waals surface area contributed by atoms with Crippen LogP contribution in [0.5, 0.6) is 0 Å². The lowest BCUT2D eigenvalue weighted by Gasteiger charge is -2.07. The zero-order valence-corrected chi connectivity index (χ0v) is 17.6. The fraction of sp³-hybridized carbons (Fsp3) is 0.300. The summed E-state index contributed by atoms with van der Waals surface area (Å²) in [6.45, 7) is 3.91. The maximum Gasteiger partial charge on any atom is 0.293 e. The van der Waals surface area contributed by atoms with Crippen molar-refractivity contribution in [2.75, 3.05) is 11.1 Å². The first-order valence-corrected chi connectivity index (χ1v) is 10.5. The molecule has 1 aromatic heterocycles. The Morgan fingerprint density at radius 2 is 2.00 bits per heavy atom. The Kier molecular flexibility index (Phi) is 7.12. The van der Waals surface area contributed by atoms with Crippen LogP contribution in [0.3, 0.4) is 0 Å². The summed E-state index contributed by atoms with van der Waals surface area (Å²) < 4.78 is 1.57. The van der Waals surface area contributed by atoms with E-state index in [4.69, 9.17) is 0 Å². The third-order valence-electron chi connectivity index (χ3n) is 4.40. The number of anilines is 1. The summed E-state index contributed by atoms with van der Waals surface area (Å²) in [6.07, 6.45) is 3.31. The van der Waals surface area contributed by atoms with Gasteiger partial charge in [-0.1, -0.05) is 43.3 Å². The van der Waals surface area contributed by atoms with E-state index in [1.54, 1.807) is 17.7 Å². The number of aryl methyl sites for hydroxylation is 2. The van der Waals surface area contributed by atoms with Crippen molar-refractivity contribution in [3.63, 3.8) is 0 Å². The van der Waals surface area contributed by atoms with Crippen LogP contribution < -0.4 is 5.32 Å². The Hall–Kier alpha value is -3.27. The predicted octanol–water partition coefficient (Wildman–Crippen LogP) is 3.95. The highest BCUT2D eigenvalue weighted by molar-refractivity contribution is 7.99. The monoisotopic (exact) mass is 426 g/mol. The van der Waals surface area contributed by atoms with Crippen LogP contribution in [0.1, 0.15) is 30.9 Å². The number of carbonyl (C=O) groups excluding carboxylic acids is 1. The van der Waals surface area contributed by atoms with Gasteiger partial charge in [-0.25, -0.2) is 0 Å². The lowest BCUT2D eigenvalue weighted by Crippen LogP contribution is -2.15. The molecule has 0 atom stereocenters. The molecule has 1 heterocycles. The molecule has 0 aliphatic carbocycles. The van der Waals surface area contributed by atoms with E-state index in [1.165, 1.54) is 17.7 Å². The Labute approximate surface area is 178 Å². The highest BCUT2D eigenvalue weighted by Gasteiger charge is 2.17. The summed E-state index contributed by atoms with van der Waals surface area (Å²) in [4.78, 5) is 23.0. The van der Waals surface area contributed by atoms with Gasteiger partial charge in [-0.15, -0.1) is 5.10 Å². The smallest absolute Gasteiger partial charge is 0.293 e. The van der Waals surface area contributed by atoms with E-state index in [-0.39, 0.29) is 23.0 Å². The van der Waals surface area contributed by atoms with Gasteiger partial charge in [0.15, 0.2) is 0 Å². The number of hydrogen-bond acceptors (Lipinski definition) is 7. The standard InChI is InChI=1S/C20H22N6O3S/c1-3-4-5-15-7-9-16(10-8-15)25-20(22-23-24-25)30-13-19(27)21-17-11-6-14(2)12-18(17)26(28)29/h6-12H,3-5,13H2,1-2H3,(H,21,27). The van der Waals surface area contributed by atoms with E-state index in [2.05, 4.69) is 27.8 Å². The first-order chi connectivity index (χ1) is 14.5. The molecule has 0 aliphatic rings. The SMILES string of the molecule is CCCCc1ccc(-n2nnnc2SCC(=O)Nc2ccc(C)cc2[N+](=O)[O-])cc1. The molecule has 0 radical (unpaired) electrons. The summed E-state index contributed by atoms with van der Waals surface area (Å²) >= 11 is 1.16. The number of nitrogens with zero attached hydrogens (tertiary/aromatic N) is 5. The Morgan fingerprint density at radius 1 is 1.23 bits per heavy atom. The molecule has 30 heavy (non-hydrogen) atoms. The molecule has 0 saturated heterocycles. The number of aromatic nitrogens is 4. The first kappa shape index (κ1) is 21.4. The number of rotatable bonds is 9. The van der Waals surface area contributed by atoms with Gasteiger partial charge >= 0.3 is 0 Å². The average Bonchev–Trinajstić information content (AvgIpc) is 3.21. The van der Waals surface area contributed by atoms with Gasteiger partial charge in [0.2, 0.25) is 11.1 Å². The minimum Gasteiger partial charge on any atom is -0.320 e. The van der Waals surface area contributed by atoms with E-state index < -0.39 is 4.92 Å². The number of thioether (sulfide) groups is 1. The quantitative estimate of drug-likeness (QED) is 0.313. The molecular weight excluding hydrogens is 404 g/mol. The molecule has 0 unspecified atom stereocenters. The van der Waals surface area contributed by atoms with E-state index in [1.807, 2.05) is 24.3 Å². The summed E-state index contributed by atoms with van der Waals surface area (Å²) in [5, 5.41) is 25.9. The van der Waals surface area contributed by atoms with Gasteiger partial charge in [-0.3, -0.25) is 14.9 Å². The predicted molar refractivity (Wildman–Crippen MR) is 115 cm³/mol. The second-order valence-corrected chi connectivity index (χ2v) is 7.70. The maximum atomic E-state index is 12.3. The number of carbonyl (C=O) groups is 1. The number of nitro groups is 1. The maximum absolute atomic E-state index is 12.3. The van der Waals surface area contributed by atoms with E-state index in [9.17, 15) is 14.9 Å². The second-order valence-electron chi connectivity index (χ2n) is 6.76. The van der Waals surface area contributed by atoms with Crippen LogP contribution in [0.25, 0.3) is 5.69 Å². The third-order valence-corrected chi connectivity index (χ3v) is 5.32. The van der Waals surface area contributed by atoms with Crippen LogP contribution in [-0.4, -0.2) is 36.8 Å². The van der Waals surface area contributed by atoms with Gasteiger partial charge < -0.3 is 5.32 Å². The molecule has 1 N–H and O–H groups in total. The van der Waals surface area contributed by atoms with Crippen LogP contribution >= 0.6 is 11.8 Å². The van der Waals surface area contributed by atoms with E-state index in [0.717, 1.165) is 42.3 Å². The Bertz CT molecular complexity index is 1040. The summed E-state index contributed by atoms with van der Waals surface area (Å²) in [5.41, 5.74) is 2.83. The zero-order valence-electron chi connectivity index (χ0n) is 16.7. The molecule has 2 aromatic carbocycles. The minimum absolute atomic E-state index is 0.0139. The number of hydrogen-bond donors (Lipinski definition) is 1. The molecule has 3 rings (SSSR count). The van der Waals surface area contributed by atoms with Crippen molar-refractivity contribution < 1.29 is 9.72 Å². The van der Waals surface area contributed by atoms with Crippen molar-refractivity contribution in [1.82, 2.24) is 20.2 Å². The van der Waals surface area contributed by atoms with Gasteiger partial charge in [0.25, 0.3) is 5.69 Å². The van der Waals surface area contributed by atoms with E-state index in [0.29, 0.717) is 5.16 Å². The van der Waals surface area contributed by atoms with Crippen molar-refractivity contribution in [2.24, 2.45) is 0 Å². The van der Waals surface area contributed by atoms with Crippen molar-refractivity contribution in [3.05, 3.63) is 63.7 Å². The molecular formula is C20H22N6O3S. The van der Waals surface area contributed by atoms with Crippen LogP contribution in [0.4, 0.5) is 11.4 Å². The van der Waals surface area contributed by atoms with Crippen LogP contribution in [0.2, 0.25) is 0 Å². The van der Waals surface area contributed by atoms with Gasteiger partial charge in [0, 0.05) is 6.07 Å². The van der Waals surface area contributed by atoms with Crippen LogP contribution in [0.15, 0.2) is 47.6 Å². The minimum atomic E-state index is -0.513. The topological polar surface area (TPSA) is 116 Å². The highest BCUT2D eigenvalue weighted by atomic mass is 32.2. The normalized spacial score (nSPS) is 10.7. The molecule has 3 aromatic rings. The molecule has 1 amide bonds. The van der Waals surface area contributed by atoms with Gasteiger partial charge in [0.1, 0.15) is 5.69 Å². The number of tetrazole rings is 1. The van der Waals surface area contributed by atoms with Gasteiger partial charge in [-0.05, 0) is 59.5 Å². The number of nitro benzene ring substituents is 1. The van der Waals surface area contributed by atoms with Crippen molar-refractivity contribution in [3.8, 4) is 5.69 Å². The molecule has 10 heteroatoms. The largest absolute Gasteiger partial charge is 0.320 e. The molecule has 0 saturated carbocycles. The summed E-state index contributed by atoms with van der Waals surface area (Å²) in [5.74, 6) is -0.364. The number of unbranched alkanes of at least 4 members (excludes halogenated alkanes) is 1. The van der Waals surface area contributed by atoms with Crippen molar-refractivity contribution >= 4 is 29.0 Å². The lowest BCUT2D eigenvalue weighted by molar-refractivity contribution is -0.384. The first-order valence-electron chi connectivity index (χ1n) is 9.53. The molecule has 0 fully saturated rings. The Balaban J connectivity index is 1.64. The molecule has 0 bridgehead atoms. The molecule has 0 spiro atoms. The number of amides is 1. The second kappa shape index (κ2) is 9.97.